The van der Waals surface area contributed by atoms with E-state index in [2.05, 4.69) is 5.32 Å². The van der Waals surface area contributed by atoms with Crippen LogP contribution in [0.3, 0.4) is 0 Å². The van der Waals surface area contributed by atoms with Crippen LogP contribution in [0.4, 0.5) is 0 Å². The van der Waals surface area contributed by atoms with Gasteiger partial charge in [-0.1, -0.05) is 6.42 Å². The number of hydrogen-bond donors (Lipinski definition) is 2. The molecule has 20 heavy (non-hydrogen) atoms. The maximum atomic E-state index is 12.4. The number of carbonyl (C=O) groups excluding carboxylic acids is 2. The second kappa shape index (κ2) is 5.35. The molecule has 3 atom stereocenters. The Balaban J connectivity index is 1.59. The van der Waals surface area contributed by atoms with Crippen LogP contribution in [0, 0.1) is 17.8 Å². The molecule has 3 N–H and O–H groups in total. The third-order valence-electron chi connectivity index (χ3n) is 5.53. The number of fused-ring (bicyclic) bond motifs is 2. The first-order valence-corrected chi connectivity index (χ1v) is 7.87. The Morgan fingerprint density at radius 2 is 1.90 bits per heavy atom. The summed E-state index contributed by atoms with van der Waals surface area (Å²) in [5, 5.41) is 2.96. The lowest BCUT2D eigenvalue weighted by Gasteiger charge is -2.43. The van der Waals surface area contributed by atoms with Crippen LogP contribution in [0.15, 0.2) is 0 Å². The summed E-state index contributed by atoms with van der Waals surface area (Å²) in [5.41, 5.74) is 6.26. The molecule has 5 nitrogen and oxygen atoms in total. The van der Waals surface area contributed by atoms with Crippen LogP contribution in [-0.4, -0.2) is 42.4 Å². The average molecular weight is 279 g/mol. The van der Waals surface area contributed by atoms with E-state index < -0.39 is 0 Å². The van der Waals surface area contributed by atoms with Crippen molar-refractivity contribution in [1.82, 2.24) is 10.2 Å². The zero-order chi connectivity index (χ0) is 14.3. The molecule has 5 heteroatoms. The summed E-state index contributed by atoms with van der Waals surface area (Å²) < 4.78 is 0. The predicted molar refractivity (Wildman–Crippen MR) is 75.7 cm³/mol. The number of amides is 2. The van der Waals surface area contributed by atoms with E-state index in [1.165, 1.54) is 6.42 Å². The van der Waals surface area contributed by atoms with Gasteiger partial charge >= 0.3 is 0 Å². The number of carbonyl (C=O) groups is 2. The van der Waals surface area contributed by atoms with Gasteiger partial charge in [0.25, 0.3) is 0 Å². The SMILES string of the molecule is CN1CCC(NC(=O)C2CC3CCCC(C2)C3N)C1=O. The fourth-order valence-corrected chi connectivity index (χ4v) is 4.25. The van der Waals surface area contributed by atoms with Gasteiger partial charge < -0.3 is 16.0 Å². The van der Waals surface area contributed by atoms with Crippen molar-refractivity contribution in [2.45, 2.75) is 50.6 Å². The molecule has 1 heterocycles. The second-order valence-electron chi connectivity index (χ2n) is 6.81. The summed E-state index contributed by atoms with van der Waals surface area (Å²) in [7, 11) is 1.79. The van der Waals surface area contributed by atoms with Gasteiger partial charge in [-0.25, -0.2) is 0 Å². The van der Waals surface area contributed by atoms with E-state index in [1.54, 1.807) is 11.9 Å². The quantitative estimate of drug-likeness (QED) is 0.772. The Labute approximate surface area is 120 Å². The van der Waals surface area contributed by atoms with Crippen LogP contribution in [0.25, 0.3) is 0 Å². The molecule has 0 aromatic heterocycles. The number of nitrogens with two attached hydrogens (primary N) is 1. The first-order chi connectivity index (χ1) is 9.56. The van der Waals surface area contributed by atoms with E-state index >= 15 is 0 Å². The topological polar surface area (TPSA) is 75.4 Å². The molecule has 2 amide bonds. The van der Waals surface area contributed by atoms with Crippen molar-refractivity contribution in [2.24, 2.45) is 23.5 Å². The first kappa shape index (κ1) is 13.9. The maximum Gasteiger partial charge on any atom is 0.244 e. The number of nitrogens with one attached hydrogen (secondary N) is 1. The lowest BCUT2D eigenvalue weighted by molar-refractivity contribution is -0.134. The third-order valence-corrected chi connectivity index (χ3v) is 5.53. The lowest BCUT2D eigenvalue weighted by atomic mass is 9.65. The number of nitrogens with zero attached hydrogens (tertiary/aromatic N) is 1. The highest BCUT2D eigenvalue weighted by Gasteiger charge is 2.41. The molecule has 112 valence electrons. The molecule has 2 aliphatic carbocycles. The largest absolute Gasteiger partial charge is 0.344 e. The zero-order valence-electron chi connectivity index (χ0n) is 12.2. The zero-order valence-corrected chi connectivity index (χ0v) is 12.2. The van der Waals surface area contributed by atoms with Crippen LogP contribution in [0.1, 0.15) is 38.5 Å². The van der Waals surface area contributed by atoms with Crippen molar-refractivity contribution in [1.29, 1.82) is 0 Å². The molecular weight excluding hydrogens is 254 g/mol. The van der Waals surface area contributed by atoms with Crippen molar-refractivity contribution >= 4 is 11.8 Å². The van der Waals surface area contributed by atoms with Crippen LogP contribution in [0.5, 0.6) is 0 Å². The number of likely N-dealkylation sites (N-methyl/N-ethyl adjacent to an activating group) is 1. The van der Waals surface area contributed by atoms with Crippen molar-refractivity contribution in [3.63, 3.8) is 0 Å². The smallest absolute Gasteiger partial charge is 0.244 e. The van der Waals surface area contributed by atoms with Crippen LogP contribution < -0.4 is 11.1 Å². The van der Waals surface area contributed by atoms with E-state index in [4.69, 9.17) is 5.73 Å². The Bertz CT molecular complexity index is 398. The molecule has 0 radical (unpaired) electrons. The predicted octanol–water partition coefficient (Wildman–Crippen LogP) is 0.487. The minimum absolute atomic E-state index is 0.0473. The molecule has 3 fully saturated rings. The molecule has 2 saturated carbocycles. The highest BCUT2D eigenvalue weighted by molar-refractivity contribution is 5.89. The molecule has 2 bridgehead atoms. The van der Waals surface area contributed by atoms with Gasteiger partial charge in [-0.2, -0.15) is 0 Å². The van der Waals surface area contributed by atoms with E-state index in [9.17, 15) is 9.59 Å². The standard InChI is InChI=1S/C15H25N3O2/c1-18-6-5-12(15(18)20)17-14(19)11-7-9-3-2-4-10(8-11)13(9)16/h9-13H,2-8,16H2,1H3,(H,17,19). The monoisotopic (exact) mass is 279 g/mol. The molecule has 0 spiro atoms. The van der Waals surface area contributed by atoms with Crippen molar-refractivity contribution in [3.05, 3.63) is 0 Å². The van der Waals surface area contributed by atoms with Gasteiger partial charge in [-0.3, -0.25) is 9.59 Å². The summed E-state index contributed by atoms with van der Waals surface area (Å²) in [6.07, 6.45) is 6.11. The number of likely N-dealkylation sites (tertiary alicyclic amines) is 1. The van der Waals surface area contributed by atoms with E-state index in [0.717, 1.165) is 38.6 Å². The van der Waals surface area contributed by atoms with Crippen molar-refractivity contribution in [3.8, 4) is 0 Å². The normalized spacial score (nSPS) is 40.8. The minimum Gasteiger partial charge on any atom is -0.344 e. The summed E-state index contributed by atoms with van der Waals surface area (Å²) in [4.78, 5) is 26.0. The van der Waals surface area contributed by atoms with Gasteiger partial charge in [0.15, 0.2) is 0 Å². The number of hydrogen-bond acceptors (Lipinski definition) is 3. The fourth-order valence-electron chi connectivity index (χ4n) is 4.25. The fraction of sp³-hybridized carbons (Fsp3) is 0.867. The van der Waals surface area contributed by atoms with Gasteiger partial charge in [0.05, 0.1) is 0 Å². The van der Waals surface area contributed by atoms with Gasteiger partial charge in [-0.05, 0) is 43.9 Å². The average Bonchev–Trinajstić information content (AvgIpc) is 2.70. The van der Waals surface area contributed by atoms with E-state index in [1.807, 2.05) is 0 Å². The summed E-state index contributed by atoms with van der Waals surface area (Å²) in [5.74, 6) is 1.18. The summed E-state index contributed by atoms with van der Waals surface area (Å²) >= 11 is 0. The van der Waals surface area contributed by atoms with Gasteiger partial charge in [0, 0.05) is 25.6 Å². The number of rotatable bonds is 2. The molecule has 0 aromatic carbocycles. The van der Waals surface area contributed by atoms with Crippen LogP contribution >= 0.6 is 0 Å². The Kier molecular flexibility index (Phi) is 3.71. The van der Waals surface area contributed by atoms with Crippen LogP contribution in [-0.2, 0) is 9.59 Å². The highest BCUT2D eigenvalue weighted by Crippen LogP contribution is 2.41. The van der Waals surface area contributed by atoms with Gasteiger partial charge in [0.1, 0.15) is 6.04 Å². The summed E-state index contributed by atoms with van der Waals surface area (Å²) in [6.45, 7) is 0.741. The molecular formula is C15H25N3O2. The second-order valence-corrected chi connectivity index (χ2v) is 6.81. The molecule has 0 aromatic rings. The first-order valence-electron chi connectivity index (χ1n) is 7.87. The van der Waals surface area contributed by atoms with Crippen molar-refractivity contribution in [2.75, 3.05) is 13.6 Å². The third kappa shape index (κ3) is 2.43. The Morgan fingerprint density at radius 3 is 2.45 bits per heavy atom. The molecule has 1 saturated heterocycles. The van der Waals surface area contributed by atoms with E-state index in [-0.39, 0.29) is 29.8 Å². The lowest BCUT2D eigenvalue weighted by Crippen LogP contribution is -2.51. The highest BCUT2D eigenvalue weighted by atomic mass is 16.2. The van der Waals surface area contributed by atoms with E-state index in [0.29, 0.717) is 11.8 Å². The summed E-state index contributed by atoms with van der Waals surface area (Å²) in [6, 6.07) is -0.0185. The maximum absolute atomic E-state index is 12.4. The molecule has 3 unspecified atom stereocenters. The van der Waals surface area contributed by atoms with Crippen LogP contribution in [0.2, 0.25) is 0 Å². The van der Waals surface area contributed by atoms with Crippen molar-refractivity contribution < 1.29 is 9.59 Å². The molecule has 1 aliphatic heterocycles. The molecule has 3 rings (SSSR count). The van der Waals surface area contributed by atoms with Gasteiger partial charge in [0.2, 0.25) is 11.8 Å². The van der Waals surface area contributed by atoms with Gasteiger partial charge in [-0.15, -0.1) is 0 Å². The Hall–Kier alpha value is -1.10. The molecule has 3 aliphatic rings. The Morgan fingerprint density at radius 1 is 1.25 bits per heavy atom. The minimum atomic E-state index is -0.303.